The van der Waals surface area contributed by atoms with Crippen molar-refractivity contribution in [2.24, 2.45) is 0 Å². The van der Waals surface area contributed by atoms with Crippen molar-refractivity contribution in [1.82, 2.24) is 4.31 Å². The Morgan fingerprint density at radius 2 is 1.74 bits per heavy atom. The minimum Gasteiger partial charge on any atom is -0.508 e. The molecular formula is C14H21NO3S. The van der Waals surface area contributed by atoms with Crippen molar-refractivity contribution in [3.05, 3.63) is 29.8 Å². The van der Waals surface area contributed by atoms with Crippen LogP contribution in [0.5, 0.6) is 5.75 Å². The predicted octanol–water partition coefficient (Wildman–Crippen LogP) is 2.49. The Morgan fingerprint density at radius 3 is 2.32 bits per heavy atom. The van der Waals surface area contributed by atoms with E-state index in [1.54, 1.807) is 31.3 Å². The summed E-state index contributed by atoms with van der Waals surface area (Å²) in [4.78, 5) is 0. The molecule has 4 nitrogen and oxygen atoms in total. The third-order valence-electron chi connectivity index (χ3n) is 3.75. The van der Waals surface area contributed by atoms with E-state index < -0.39 is 10.0 Å². The molecule has 1 aromatic carbocycles. The van der Waals surface area contributed by atoms with Crippen molar-refractivity contribution in [1.29, 1.82) is 0 Å². The zero-order valence-electron chi connectivity index (χ0n) is 11.2. The maximum atomic E-state index is 12.4. The molecule has 106 valence electrons. The highest BCUT2D eigenvalue weighted by Gasteiger charge is 2.30. The lowest BCUT2D eigenvalue weighted by molar-refractivity contribution is 0.422. The second-order valence-electron chi connectivity index (χ2n) is 5.23. The van der Waals surface area contributed by atoms with Gasteiger partial charge in [-0.1, -0.05) is 31.4 Å². The van der Waals surface area contributed by atoms with E-state index in [0.29, 0.717) is 6.54 Å². The molecule has 0 spiro atoms. The van der Waals surface area contributed by atoms with Crippen LogP contribution in [-0.4, -0.2) is 30.1 Å². The molecular weight excluding hydrogens is 262 g/mol. The number of phenols is 1. The van der Waals surface area contributed by atoms with Gasteiger partial charge in [0.05, 0.1) is 5.25 Å². The molecule has 0 saturated heterocycles. The van der Waals surface area contributed by atoms with Gasteiger partial charge < -0.3 is 5.11 Å². The maximum Gasteiger partial charge on any atom is 0.217 e. The van der Waals surface area contributed by atoms with Gasteiger partial charge in [-0.2, -0.15) is 0 Å². The van der Waals surface area contributed by atoms with E-state index in [-0.39, 0.29) is 11.0 Å². The second kappa shape index (κ2) is 5.92. The van der Waals surface area contributed by atoms with Gasteiger partial charge in [0.1, 0.15) is 5.75 Å². The van der Waals surface area contributed by atoms with Crippen LogP contribution in [0.2, 0.25) is 0 Å². The normalized spacial score (nSPS) is 17.8. The van der Waals surface area contributed by atoms with Gasteiger partial charge in [0.2, 0.25) is 10.0 Å². The topological polar surface area (TPSA) is 57.6 Å². The van der Waals surface area contributed by atoms with Gasteiger partial charge >= 0.3 is 0 Å². The summed E-state index contributed by atoms with van der Waals surface area (Å²) >= 11 is 0. The fourth-order valence-electron chi connectivity index (χ4n) is 2.57. The monoisotopic (exact) mass is 283 g/mol. The van der Waals surface area contributed by atoms with Gasteiger partial charge in [-0.25, -0.2) is 12.7 Å². The minimum absolute atomic E-state index is 0.196. The average Bonchev–Trinajstić information content (AvgIpc) is 2.42. The van der Waals surface area contributed by atoms with Gasteiger partial charge in [0.15, 0.2) is 0 Å². The van der Waals surface area contributed by atoms with E-state index in [1.165, 1.54) is 4.31 Å². The lowest BCUT2D eigenvalue weighted by atomic mass is 10.0. The van der Waals surface area contributed by atoms with Crippen molar-refractivity contribution >= 4 is 10.0 Å². The summed E-state index contributed by atoms with van der Waals surface area (Å²) in [6, 6.07) is 6.66. The fourth-order valence-corrected chi connectivity index (χ4v) is 4.33. The molecule has 1 aromatic rings. The lowest BCUT2D eigenvalue weighted by Gasteiger charge is -2.27. The number of nitrogens with zero attached hydrogens (tertiary/aromatic N) is 1. The van der Waals surface area contributed by atoms with Crippen LogP contribution in [0.15, 0.2) is 24.3 Å². The molecule has 0 unspecified atom stereocenters. The summed E-state index contributed by atoms with van der Waals surface area (Å²) in [6.45, 7) is 0.360. The van der Waals surface area contributed by atoms with Gasteiger partial charge in [-0.15, -0.1) is 0 Å². The SMILES string of the molecule is CN(Cc1ccc(O)cc1)S(=O)(=O)C1CCCCC1. The van der Waals surface area contributed by atoms with Crippen LogP contribution in [0.4, 0.5) is 0 Å². The Morgan fingerprint density at radius 1 is 1.16 bits per heavy atom. The molecule has 5 heteroatoms. The second-order valence-corrected chi connectivity index (χ2v) is 7.55. The van der Waals surface area contributed by atoms with Crippen LogP contribution < -0.4 is 0 Å². The average molecular weight is 283 g/mol. The van der Waals surface area contributed by atoms with E-state index in [0.717, 1.165) is 37.7 Å². The van der Waals surface area contributed by atoms with E-state index in [2.05, 4.69) is 0 Å². The summed E-state index contributed by atoms with van der Waals surface area (Å²) in [5.41, 5.74) is 0.889. The first-order chi connectivity index (χ1) is 9.00. The van der Waals surface area contributed by atoms with Crippen molar-refractivity contribution < 1.29 is 13.5 Å². The highest BCUT2D eigenvalue weighted by molar-refractivity contribution is 7.89. The van der Waals surface area contributed by atoms with E-state index in [1.807, 2.05) is 0 Å². The maximum absolute atomic E-state index is 12.4. The summed E-state index contributed by atoms with van der Waals surface area (Å²) in [7, 11) is -1.56. The van der Waals surface area contributed by atoms with Gasteiger partial charge in [0, 0.05) is 13.6 Å². The van der Waals surface area contributed by atoms with Crippen LogP contribution in [0.25, 0.3) is 0 Å². The Balaban J connectivity index is 2.05. The molecule has 1 fully saturated rings. The predicted molar refractivity (Wildman–Crippen MR) is 75.4 cm³/mol. The van der Waals surface area contributed by atoms with Crippen LogP contribution in [0.3, 0.4) is 0 Å². The smallest absolute Gasteiger partial charge is 0.217 e. The molecule has 19 heavy (non-hydrogen) atoms. The number of sulfonamides is 1. The number of rotatable bonds is 4. The van der Waals surface area contributed by atoms with Crippen molar-refractivity contribution in [2.45, 2.75) is 43.9 Å². The largest absolute Gasteiger partial charge is 0.508 e. The van der Waals surface area contributed by atoms with Gasteiger partial charge in [0.25, 0.3) is 0 Å². The van der Waals surface area contributed by atoms with E-state index in [4.69, 9.17) is 0 Å². The van der Waals surface area contributed by atoms with Crippen LogP contribution in [-0.2, 0) is 16.6 Å². The summed E-state index contributed by atoms with van der Waals surface area (Å²) in [5, 5.41) is 9.00. The highest BCUT2D eigenvalue weighted by atomic mass is 32.2. The first kappa shape index (κ1) is 14.3. The van der Waals surface area contributed by atoms with Crippen molar-refractivity contribution in [3.8, 4) is 5.75 Å². The number of hydrogen-bond donors (Lipinski definition) is 1. The lowest BCUT2D eigenvalue weighted by Crippen LogP contribution is -2.36. The molecule has 1 aliphatic rings. The standard InChI is InChI=1S/C14H21NO3S/c1-15(11-12-7-9-13(16)10-8-12)19(17,18)14-5-3-2-4-6-14/h7-10,14,16H,2-6,11H2,1H3. The first-order valence-electron chi connectivity index (χ1n) is 6.73. The van der Waals surface area contributed by atoms with E-state index >= 15 is 0 Å². The summed E-state index contributed by atoms with van der Waals surface area (Å²) < 4.78 is 26.3. The quantitative estimate of drug-likeness (QED) is 0.923. The minimum atomic E-state index is -3.20. The molecule has 0 aliphatic heterocycles. The fraction of sp³-hybridized carbons (Fsp3) is 0.571. The third-order valence-corrected chi connectivity index (χ3v) is 6.06. The zero-order chi connectivity index (χ0) is 13.9. The number of benzene rings is 1. The molecule has 0 bridgehead atoms. The molecule has 0 atom stereocenters. The number of hydrogen-bond acceptors (Lipinski definition) is 3. The highest BCUT2D eigenvalue weighted by Crippen LogP contribution is 2.26. The van der Waals surface area contributed by atoms with Crippen LogP contribution in [0, 0.1) is 0 Å². The molecule has 1 N–H and O–H groups in total. The van der Waals surface area contributed by atoms with Crippen LogP contribution in [0.1, 0.15) is 37.7 Å². The zero-order valence-corrected chi connectivity index (χ0v) is 12.1. The molecule has 0 aromatic heterocycles. The Hall–Kier alpha value is -1.07. The van der Waals surface area contributed by atoms with Crippen molar-refractivity contribution in [3.63, 3.8) is 0 Å². The number of phenolic OH excluding ortho intramolecular Hbond substituents is 1. The Bertz CT molecular complexity index is 504. The van der Waals surface area contributed by atoms with Gasteiger partial charge in [-0.05, 0) is 30.5 Å². The Kier molecular flexibility index (Phi) is 4.47. The van der Waals surface area contributed by atoms with E-state index in [9.17, 15) is 13.5 Å². The molecule has 0 radical (unpaired) electrons. The Labute approximate surface area is 115 Å². The molecule has 0 heterocycles. The van der Waals surface area contributed by atoms with Crippen LogP contribution >= 0.6 is 0 Å². The molecule has 1 saturated carbocycles. The molecule has 0 amide bonds. The van der Waals surface area contributed by atoms with Gasteiger partial charge in [-0.3, -0.25) is 0 Å². The van der Waals surface area contributed by atoms with Crippen molar-refractivity contribution in [2.75, 3.05) is 7.05 Å². The summed E-state index contributed by atoms with van der Waals surface area (Å²) in [5.74, 6) is 0.196. The number of aromatic hydroxyl groups is 1. The third kappa shape index (κ3) is 3.48. The first-order valence-corrected chi connectivity index (χ1v) is 8.23. The summed E-state index contributed by atoms with van der Waals surface area (Å²) in [6.07, 6.45) is 4.73. The molecule has 2 rings (SSSR count). The molecule has 1 aliphatic carbocycles.